The highest BCUT2D eigenvalue weighted by Crippen LogP contribution is 2.31. The van der Waals surface area contributed by atoms with Gasteiger partial charge in [-0.05, 0) is 62.3 Å². The van der Waals surface area contributed by atoms with Crippen molar-refractivity contribution < 1.29 is 13.2 Å². The van der Waals surface area contributed by atoms with Crippen LogP contribution in [-0.2, 0) is 14.6 Å². The van der Waals surface area contributed by atoms with Crippen molar-refractivity contribution in [1.82, 2.24) is 9.88 Å². The van der Waals surface area contributed by atoms with Gasteiger partial charge < -0.3 is 4.90 Å². The van der Waals surface area contributed by atoms with E-state index in [1.165, 1.54) is 23.5 Å². The molecule has 6 nitrogen and oxygen atoms in total. The number of carbonyl (C=O) groups is 1. The highest BCUT2D eigenvalue weighted by Gasteiger charge is 2.22. The van der Waals surface area contributed by atoms with Crippen LogP contribution < -0.4 is 4.90 Å². The summed E-state index contributed by atoms with van der Waals surface area (Å²) in [6.45, 7) is 9.25. The summed E-state index contributed by atoms with van der Waals surface area (Å²) in [5.41, 5.74) is 1.98. The topological polar surface area (TPSA) is 70.6 Å². The first-order valence-corrected chi connectivity index (χ1v) is 14.0. The minimum absolute atomic E-state index is 0.0940. The Balaban J connectivity index is 1.74. The van der Waals surface area contributed by atoms with Crippen LogP contribution >= 0.6 is 22.9 Å². The number of thiazole rings is 1. The fourth-order valence-corrected chi connectivity index (χ4v) is 6.13. The average Bonchev–Trinajstić information content (AvgIpc) is 3.22. The molecule has 0 aliphatic heterocycles. The lowest BCUT2D eigenvalue weighted by Crippen LogP contribution is -2.38. The minimum Gasteiger partial charge on any atom is -0.302 e. The third kappa shape index (κ3) is 6.53. The van der Waals surface area contributed by atoms with Crippen LogP contribution in [0.4, 0.5) is 5.13 Å². The van der Waals surface area contributed by atoms with E-state index in [1.54, 1.807) is 17.0 Å². The number of carbonyl (C=O) groups excluding carboxylic acids is 1. The molecule has 0 spiro atoms. The van der Waals surface area contributed by atoms with Gasteiger partial charge in [0.2, 0.25) is 5.91 Å². The van der Waals surface area contributed by atoms with Gasteiger partial charge in [-0.2, -0.15) is 0 Å². The lowest BCUT2D eigenvalue weighted by atomic mass is 10.2. The fraction of sp³-hybridized carbons (Fsp3) is 0.417. The summed E-state index contributed by atoms with van der Waals surface area (Å²) in [5.74, 6) is -0.200. The summed E-state index contributed by atoms with van der Waals surface area (Å²) < 4.78 is 26.3. The van der Waals surface area contributed by atoms with Crippen molar-refractivity contribution in [2.24, 2.45) is 0 Å². The first-order valence-electron chi connectivity index (χ1n) is 11.1. The van der Waals surface area contributed by atoms with Gasteiger partial charge in [-0.25, -0.2) is 13.4 Å². The number of hydrogen-bond acceptors (Lipinski definition) is 6. The van der Waals surface area contributed by atoms with Crippen molar-refractivity contribution in [2.75, 3.05) is 36.8 Å². The normalized spacial score (nSPS) is 11.9. The third-order valence-corrected chi connectivity index (χ3v) is 8.76. The predicted octanol–water partition coefficient (Wildman–Crippen LogP) is 5.19. The van der Waals surface area contributed by atoms with E-state index in [9.17, 15) is 13.2 Å². The second-order valence-corrected chi connectivity index (χ2v) is 11.4. The summed E-state index contributed by atoms with van der Waals surface area (Å²) in [5, 5.41) is 1.15. The average molecular weight is 508 g/mol. The summed E-state index contributed by atoms with van der Waals surface area (Å²) in [7, 11) is -3.47. The highest BCUT2D eigenvalue weighted by atomic mass is 35.5. The molecule has 9 heteroatoms. The molecule has 0 fully saturated rings. The highest BCUT2D eigenvalue weighted by molar-refractivity contribution is 7.91. The maximum Gasteiger partial charge on any atom is 0.228 e. The number of anilines is 1. The van der Waals surface area contributed by atoms with Crippen LogP contribution in [0.1, 0.15) is 32.3 Å². The SMILES string of the molecule is CCN(CC)CCN(C(=O)CCCS(=O)(=O)c1ccc(Cl)cc1)c1nc2c(C)cccc2s1. The van der Waals surface area contributed by atoms with Crippen molar-refractivity contribution >= 4 is 54.0 Å². The molecule has 1 amide bonds. The van der Waals surface area contributed by atoms with E-state index in [2.05, 4.69) is 18.7 Å². The monoisotopic (exact) mass is 507 g/mol. The maximum absolute atomic E-state index is 13.2. The van der Waals surface area contributed by atoms with Crippen molar-refractivity contribution in [3.8, 4) is 0 Å². The van der Waals surface area contributed by atoms with Gasteiger partial charge in [0.05, 0.1) is 20.9 Å². The van der Waals surface area contributed by atoms with E-state index in [0.29, 0.717) is 16.7 Å². The van der Waals surface area contributed by atoms with Gasteiger partial charge in [-0.3, -0.25) is 9.69 Å². The molecular formula is C24H30ClN3O3S2. The van der Waals surface area contributed by atoms with Gasteiger partial charge in [0.25, 0.3) is 0 Å². The molecule has 0 N–H and O–H groups in total. The lowest BCUT2D eigenvalue weighted by Gasteiger charge is -2.24. The zero-order valence-electron chi connectivity index (χ0n) is 19.3. The van der Waals surface area contributed by atoms with Gasteiger partial charge in [-0.1, -0.05) is 48.9 Å². The van der Waals surface area contributed by atoms with Crippen molar-refractivity contribution in [3.63, 3.8) is 0 Å². The van der Waals surface area contributed by atoms with Crippen LogP contribution in [0.2, 0.25) is 5.02 Å². The molecule has 2 aromatic carbocycles. The van der Waals surface area contributed by atoms with Gasteiger partial charge in [0.1, 0.15) is 0 Å². The molecule has 1 aromatic heterocycles. The number of nitrogens with zero attached hydrogens (tertiary/aromatic N) is 3. The molecule has 1 heterocycles. The van der Waals surface area contributed by atoms with E-state index in [1.807, 2.05) is 25.1 Å². The van der Waals surface area contributed by atoms with E-state index < -0.39 is 9.84 Å². The van der Waals surface area contributed by atoms with Gasteiger partial charge in [0.15, 0.2) is 15.0 Å². The minimum atomic E-state index is -3.47. The smallest absolute Gasteiger partial charge is 0.228 e. The molecule has 0 saturated heterocycles. The molecule has 0 unspecified atom stereocenters. The number of hydrogen-bond donors (Lipinski definition) is 0. The molecule has 33 heavy (non-hydrogen) atoms. The van der Waals surface area contributed by atoms with Gasteiger partial charge in [0, 0.05) is 24.5 Å². The number of aryl methyl sites for hydroxylation is 1. The Kier molecular flexibility index (Phi) is 8.87. The number of para-hydroxylation sites is 1. The van der Waals surface area contributed by atoms with Crippen LogP contribution in [0.3, 0.4) is 0 Å². The third-order valence-electron chi connectivity index (χ3n) is 5.65. The van der Waals surface area contributed by atoms with Gasteiger partial charge in [-0.15, -0.1) is 0 Å². The Labute approximate surface area is 205 Å². The summed E-state index contributed by atoms with van der Waals surface area (Å²) in [6.07, 6.45) is 0.384. The number of halogens is 1. The molecule has 178 valence electrons. The summed E-state index contributed by atoms with van der Waals surface area (Å²) >= 11 is 7.36. The number of sulfone groups is 1. The number of fused-ring (bicyclic) bond motifs is 1. The Bertz CT molecular complexity index is 1190. The quantitative estimate of drug-likeness (QED) is 0.357. The van der Waals surface area contributed by atoms with Gasteiger partial charge >= 0.3 is 0 Å². The van der Waals surface area contributed by atoms with Crippen molar-refractivity contribution in [2.45, 2.75) is 38.5 Å². The molecule has 3 rings (SSSR count). The van der Waals surface area contributed by atoms with Crippen LogP contribution in [0, 0.1) is 6.92 Å². The Morgan fingerprint density at radius 1 is 1.06 bits per heavy atom. The zero-order chi connectivity index (χ0) is 24.0. The Morgan fingerprint density at radius 2 is 1.76 bits per heavy atom. The lowest BCUT2D eigenvalue weighted by molar-refractivity contribution is -0.118. The second-order valence-electron chi connectivity index (χ2n) is 7.87. The largest absolute Gasteiger partial charge is 0.302 e. The predicted molar refractivity (Wildman–Crippen MR) is 137 cm³/mol. The molecule has 3 aromatic rings. The number of benzene rings is 2. The van der Waals surface area contributed by atoms with Crippen molar-refractivity contribution in [1.29, 1.82) is 0 Å². The molecule has 0 aliphatic carbocycles. The molecule has 0 saturated carbocycles. The second kappa shape index (κ2) is 11.4. The molecule has 0 atom stereocenters. The molecular weight excluding hydrogens is 478 g/mol. The van der Waals surface area contributed by atoms with Crippen molar-refractivity contribution in [3.05, 3.63) is 53.1 Å². The molecule has 0 bridgehead atoms. The van der Waals surface area contributed by atoms with Crippen LogP contribution in [0.15, 0.2) is 47.4 Å². The molecule has 0 radical (unpaired) electrons. The van der Waals surface area contributed by atoms with Crippen LogP contribution in [-0.4, -0.2) is 56.1 Å². The number of likely N-dealkylation sites (N-methyl/N-ethyl adjacent to an activating group) is 1. The summed E-state index contributed by atoms with van der Waals surface area (Å²) in [4.78, 5) is 22.2. The first-order chi connectivity index (χ1) is 15.7. The Morgan fingerprint density at radius 3 is 2.39 bits per heavy atom. The Hall–Kier alpha value is -2.00. The standard InChI is InChI=1S/C24H30ClN3O3S2/c1-4-27(5-2)15-16-28(24-26-23-18(3)8-6-9-21(23)32-24)22(29)10-7-17-33(30,31)20-13-11-19(25)12-14-20/h6,8-9,11-14H,4-5,7,10,15-17H2,1-3H3. The first kappa shape index (κ1) is 25.6. The number of amides is 1. The van der Waals surface area contributed by atoms with E-state index in [4.69, 9.17) is 16.6 Å². The zero-order valence-corrected chi connectivity index (χ0v) is 21.6. The molecule has 0 aliphatic rings. The number of rotatable bonds is 11. The summed E-state index contributed by atoms with van der Waals surface area (Å²) in [6, 6.07) is 12.1. The van der Waals surface area contributed by atoms with Crippen LogP contribution in [0.25, 0.3) is 10.2 Å². The maximum atomic E-state index is 13.2. The fourth-order valence-electron chi connectivity index (χ4n) is 3.61. The van der Waals surface area contributed by atoms with E-state index in [-0.39, 0.29) is 29.4 Å². The van der Waals surface area contributed by atoms with E-state index >= 15 is 0 Å². The van der Waals surface area contributed by atoms with E-state index in [0.717, 1.165) is 35.4 Å². The van der Waals surface area contributed by atoms with Crippen LogP contribution in [0.5, 0.6) is 0 Å². The number of aromatic nitrogens is 1.